The van der Waals surface area contributed by atoms with Crippen LogP contribution in [0.1, 0.15) is 48.1 Å². The Hall–Kier alpha value is -2.27. The number of hydrogen-bond donors (Lipinski definition) is 3. The van der Waals surface area contributed by atoms with E-state index < -0.39 is 6.10 Å². The minimum atomic E-state index is -0.576. The lowest BCUT2D eigenvalue weighted by Gasteiger charge is -2.15. The van der Waals surface area contributed by atoms with E-state index >= 15 is 0 Å². The number of hydrogen-bond acceptors (Lipinski definition) is 3. The van der Waals surface area contributed by atoms with Crippen molar-refractivity contribution in [2.45, 2.75) is 39.3 Å². The van der Waals surface area contributed by atoms with Crippen LogP contribution in [-0.2, 0) is 0 Å². The summed E-state index contributed by atoms with van der Waals surface area (Å²) in [6.45, 7) is 6.08. The highest BCUT2D eigenvalue weighted by Gasteiger charge is 2.15. The predicted octanol–water partition coefficient (Wildman–Crippen LogP) is 3.38. The Kier molecular flexibility index (Phi) is 5.82. The summed E-state index contributed by atoms with van der Waals surface area (Å²) in [4.78, 5) is 11.9. The van der Waals surface area contributed by atoms with Gasteiger partial charge in [0.1, 0.15) is 11.5 Å². The zero-order valence-corrected chi connectivity index (χ0v) is 13.8. The van der Waals surface area contributed by atoms with Gasteiger partial charge in [0.2, 0.25) is 0 Å². The number of benzene rings is 1. The Morgan fingerprint density at radius 2 is 1.96 bits per heavy atom. The van der Waals surface area contributed by atoms with Crippen LogP contribution in [0.3, 0.4) is 0 Å². The molecule has 0 fully saturated rings. The van der Waals surface area contributed by atoms with Crippen molar-refractivity contribution < 1.29 is 14.3 Å². The number of aryl methyl sites for hydroxylation is 2. The molecular formula is C18H24N2O3. The van der Waals surface area contributed by atoms with Gasteiger partial charge in [-0.2, -0.15) is 0 Å². The van der Waals surface area contributed by atoms with E-state index in [1.54, 1.807) is 0 Å². The molecule has 1 heterocycles. The first kappa shape index (κ1) is 17.1. The molecular weight excluding hydrogens is 292 g/mol. The van der Waals surface area contributed by atoms with Crippen molar-refractivity contribution >= 4 is 6.03 Å². The fraction of sp³-hybridized carbons (Fsp3) is 0.389. The highest BCUT2D eigenvalue weighted by atomic mass is 16.3. The molecule has 0 aliphatic rings. The summed E-state index contributed by atoms with van der Waals surface area (Å²) in [5.41, 5.74) is 1.83. The zero-order valence-electron chi connectivity index (χ0n) is 13.8. The van der Waals surface area contributed by atoms with Gasteiger partial charge < -0.3 is 20.2 Å². The number of amides is 2. The van der Waals surface area contributed by atoms with Gasteiger partial charge in [-0.25, -0.2) is 4.79 Å². The van der Waals surface area contributed by atoms with Crippen molar-refractivity contribution in [2.75, 3.05) is 6.54 Å². The molecule has 2 amide bonds. The van der Waals surface area contributed by atoms with Gasteiger partial charge >= 0.3 is 6.03 Å². The molecule has 5 nitrogen and oxygen atoms in total. The number of aliphatic hydroxyl groups excluding tert-OH is 1. The minimum absolute atomic E-state index is 0.133. The molecule has 0 aliphatic carbocycles. The summed E-state index contributed by atoms with van der Waals surface area (Å²) in [6, 6.07) is 11.0. The number of carbonyl (C=O) groups excluding carboxylic acids is 1. The van der Waals surface area contributed by atoms with Crippen molar-refractivity contribution in [1.29, 1.82) is 0 Å². The van der Waals surface area contributed by atoms with Crippen LogP contribution in [0.5, 0.6) is 0 Å². The molecule has 3 N–H and O–H groups in total. The van der Waals surface area contributed by atoms with E-state index in [4.69, 9.17) is 4.42 Å². The molecule has 0 bridgehead atoms. The van der Waals surface area contributed by atoms with Crippen molar-refractivity contribution in [3.05, 3.63) is 59.0 Å². The number of urea groups is 1. The molecule has 23 heavy (non-hydrogen) atoms. The van der Waals surface area contributed by atoms with Crippen LogP contribution in [0, 0.1) is 13.8 Å². The van der Waals surface area contributed by atoms with Crippen LogP contribution >= 0.6 is 0 Å². The summed E-state index contributed by atoms with van der Waals surface area (Å²) >= 11 is 0. The first-order valence-corrected chi connectivity index (χ1v) is 7.81. The van der Waals surface area contributed by atoms with E-state index in [-0.39, 0.29) is 12.1 Å². The molecule has 1 aromatic carbocycles. The second-order valence-corrected chi connectivity index (χ2v) is 5.71. The zero-order chi connectivity index (χ0) is 16.8. The standard InChI is InChI=1S/C18H24N2O3/c1-12-11-16(14(3)23-12)13(2)20-18(22)19-10-9-17(21)15-7-5-4-6-8-15/h4-8,11,13,17,21H,9-10H2,1-3H3,(H2,19,20,22). The molecule has 0 aliphatic heterocycles. The van der Waals surface area contributed by atoms with Gasteiger partial charge in [0.15, 0.2) is 0 Å². The van der Waals surface area contributed by atoms with E-state index in [1.165, 1.54) is 0 Å². The lowest BCUT2D eigenvalue weighted by Crippen LogP contribution is -2.37. The highest BCUT2D eigenvalue weighted by molar-refractivity contribution is 5.74. The maximum absolute atomic E-state index is 11.9. The van der Waals surface area contributed by atoms with Gasteiger partial charge in [0.25, 0.3) is 0 Å². The molecule has 2 unspecified atom stereocenters. The van der Waals surface area contributed by atoms with E-state index in [0.29, 0.717) is 13.0 Å². The molecule has 0 saturated heterocycles. The third kappa shape index (κ3) is 4.86. The molecule has 0 radical (unpaired) electrons. The van der Waals surface area contributed by atoms with Crippen LogP contribution in [-0.4, -0.2) is 17.7 Å². The quantitative estimate of drug-likeness (QED) is 0.765. The van der Waals surface area contributed by atoms with Crippen molar-refractivity contribution in [2.24, 2.45) is 0 Å². The van der Waals surface area contributed by atoms with Crippen LogP contribution < -0.4 is 10.6 Å². The van der Waals surface area contributed by atoms with Crippen molar-refractivity contribution in [1.82, 2.24) is 10.6 Å². The number of carbonyl (C=O) groups is 1. The molecule has 5 heteroatoms. The van der Waals surface area contributed by atoms with E-state index in [0.717, 1.165) is 22.6 Å². The van der Waals surface area contributed by atoms with Crippen molar-refractivity contribution in [3.8, 4) is 0 Å². The molecule has 1 aromatic heterocycles. The highest BCUT2D eigenvalue weighted by Crippen LogP contribution is 2.21. The summed E-state index contributed by atoms with van der Waals surface area (Å²) in [5.74, 6) is 1.65. The molecule has 2 rings (SSSR count). The second-order valence-electron chi connectivity index (χ2n) is 5.71. The third-order valence-corrected chi connectivity index (χ3v) is 3.78. The first-order valence-electron chi connectivity index (χ1n) is 7.81. The SMILES string of the molecule is Cc1cc(C(C)NC(=O)NCCC(O)c2ccccc2)c(C)o1. The van der Waals surface area contributed by atoms with Crippen LogP contribution in [0.4, 0.5) is 4.79 Å². The number of aliphatic hydroxyl groups is 1. The summed E-state index contributed by atoms with van der Waals surface area (Å²) < 4.78 is 5.47. The van der Waals surface area contributed by atoms with Crippen LogP contribution in [0.25, 0.3) is 0 Å². The Labute approximate surface area is 136 Å². The summed E-state index contributed by atoms with van der Waals surface area (Å²) in [5, 5.41) is 15.7. The Balaban J connectivity index is 1.76. The van der Waals surface area contributed by atoms with Crippen LogP contribution in [0.2, 0.25) is 0 Å². The van der Waals surface area contributed by atoms with E-state index in [9.17, 15) is 9.90 Å². The maximum Gasteiger partial charge on any atom is 0.315 e. The molecule has 124 valence electrons. The Morgan fingerprint density at radius 3 is 2.57 bits per heavy atom. The lowest BCUT2D eigenvalue weighted by atomic mass is 10.1. The largest absolute Gasteiger partial charge is 0.466 e. The minimum Gasteiger partial charge on any atom is -0.466 e. The lowest BCUT2D eigenvalue weighted by molar-refractivity contribution is 0.166. The van der Waals surface area contributed by atoms with Gasteiger partial charge in [-0.1, -0.05) is 30.3 Å². The Bertz CT molecular complexity index is 637. The molecule has 0 spiro atoms. The van der Waals surface area contributed by atoms with Gasteiger partial charge in [0, 0.05) is 12.1 Å². The fourth-order valence-electron chi connectivity index (χ4n) is 2.57. The van der Waals surface area contributed by atoms with Crippen LogP contribution in [0.15, 0.2) is 40.8 Å². The van der Waals surface area contributed by atoms with Crippen molar-refractivity contribution in [3.63, 3.8) is 0 Å². The topological polar surface area (TPSA) is 74.5 Å². The number of furan rings is 1. The van der Waals surface area contributed by atoms with E-state index in [2.05, 4.69) is 10.6 Å². The molecule has 0 saturated carbocycles. The Morgan fingerprint density at radius 1 is 1.26 bits per heavy atom. The molecule has 2 aromatic rings. The summed E-state index contributed by atoms with van der Waals surface area (Å²) in [7, 11) is 0. The third-order valence-electron chi connectivity index (χ3n) is 3.78. The van der Waals surface area contributed by atoms with Gasteiger partial charge in [-0.05, 0) is 38.8 Å². The van der Waals surface area contributed by atoms with E-state index in [1.807, 2.05) is 57.2 Å². The second kappa shape index (κ2) is 7.83. The maximum atomic E-state index is 11.9. The predicted molar refractivity (Wildman–Crippen MR) is 89.2 cm³/mol. The van der Waals surface area contributed by atoms with Gasteiger partial charge in [0.05, 0.1) is 12.1 Å². The average Bonchev–Trinajstić information content (AvgIpc) is 2.86. The first-order chi connectivity index (χ1) is 11.0. The number of nitrogens with one attached hydrogen (secondary N) is 2. The fourth-order valence-corrected chi connectivity index (χ4v) is 2.57. The van der Waals surface area contributed by atoms with Gasteiger partial charge in [-0.3, -0.25) is 0 Å². The smallest absolute Gasteiger partial charge is 0.315 e. The average molecular weight is 316 g/mol. The normalized spacial score (nSPS) is 13.4. The van der Waals surface area contributed by atoms with Gasteiger partial charge in [-0.15, -0.1) is 0 Å². The summed E-state index contributed by atoms with van der Waals surface area (Å²) in [6.07, 6.45) is -0.108. The molecule has 2 atom stereocenters. The number of rotatable bonds is 6. The monoisotopic (exact) mass is 316 g/mol.